The maximum atomic E-state index is 12.6. The third-order valence-corrected chi connectivity index (χ3v) is 4.70. The van der Waals surface area contributed by atoms with Crippen LogP contribution in [0.25, 0.3) is 0 Å². The fraction of sp³-hybridized carbons (Fsp3) is 0.600. The van der Waals surface area contributed by atoms with Gasteiger partial charge in [-0.15, -0.1) is 0 Å². The molecule has 2 aliphatic rings. The minimum atomic E-state index is -0.620. The van der Waals surface area contributed by atoms with E-state index in [0.717, 1.165) is 29.9 Å². The topological polar surface area (TPSA) is 65.1 Å². The van der Waals surface area contributed by atoms with Gasteiger partial charge < -0.3 is 14.2 Å². The molecule has 1 unspecified atom stereocenters. The lowest BCUT2D eigenvalue weighted by molar-refractivity contribution is -0.141. The standard InChI is InChI=1S/C20H27NO5/c1-5-24-15-6-7-16-14(12-15)8-9-20(25-16)10-11-21(17(22)13-20)18(23)26-19(2,3)4/h6-7,12H,5,8-11,13H2,1-4H3. The van der Waals surface area contributed by atoms with Crippen LogP contribution < -0.4 is 9.47 Å². The van der Waals surface area contributed by atoms with Crippen molar-refractivity contribution in [2.45, 2.75) is 64.6 Å². The Bertz CT molecular complexity index is 709. The van der Waals surface area contributed by atoms with Crippen LogP contribution in [0.5, 0.6) is 11.5 Å². The molecule has 2 heterocycles. The number of piperidine rings is 1. The Morgan fingerprint density at radius 1 is 1.31 bits per heavy atom. The molecule has 1 fully saturated rings. The predicted molar refractivity (Wildman–Crippen MR) is 96.5 cm³/mol. The van der Waals surface area contributed by atoms with E-state index in [1.165, 1.54) is 4.90 Å². The van der Waals surface area contributed by atoms with Crippen molar-refractivity contribution in [2.75, 3.05) is 13.2 Å². The van der Waals surface area contributed by atoms with E-state index in [9.17, 15) is 9.59 Å². The van der Waals surface area contributed by atoms with Crippen LogP contribution in [0.15, 0.2) is 18.2 Å². The molecule has 0 aromatic heterocycles. The Morgan fingerprint density at radius 2 is 2.08 bits per heavy atom. The molecule has 1 atom stereocenters. The largest absolute Gasteiger partial charge is 0.494 e. The van der Waals surface area contributed by atoms with Crippen LogP contribution in [0.2, 0.25) is 0 Å². The van der Waals surface area contributed by atoms with Gasteiger partial charge in [0.25, 0.3) is 0 Å². The predicted octanol–water partition coefficient (Wildman–Crippen LogP) is 3.71. The molecule has 0 radical (unpaired) electrons. The molecule has 26 heavy (non-hydrogen) atoms. The molecule has 142 valence electrons. The van der Waals surface area contributed by atoms with E-state index in [1.54, 1.807) is 20.8 Å². The summed E-state index contributed by atoms with van der Waals surface area (Å²) in [6, 6.07) is 5.80. The molecule has 2 aliphatic heterocycles. The highest BCUT2D eigenvalue weighted by atomic mass is 16.6. The number of likely N-dealkylation sites (tertiary alicyclic amines) is 1. The molecule has 6 nitrogen and oxygen atoms in total. The van der Waals surface area contributed by atoms with Gasteiger partial charge in [-0.1, -0.05) is 0 Å². The summed E-state index contributed by atoms with van der Waals surface area (Å²) in [6.45, 7) is 8.27. The van der Waals surface area contributed by atoms with E-state index in [2.05, 4.69) is 0 Å². The number of benzene rings is 1. The van der Waals surface area contributed by atoms with Gasteiger partial charge in [0.05, 0.1) is 13.0 Å². The first kappa shape index (κ1) is 18.5. The zero-order chi connectivity index (χ0) is 18.9. The molecule has 0 N–H and O–H groups in total. The number of nitrogens with zero attached hydrogens (tertiary/aromatic N) is 1. The number of amides is 2. The number of fused-ring (bicyclic) bond motifs is 1. The second-order valence-electron chi connectivity index (χ2n) is 7.94. The summed E-state index contributed by atoms with van der Waals surface area (Å²) in [7, 11) is 0. The lowest BCUT2D eigenvalue weighted by Crippen LogP contribution is -2.54. The summed E-state index contributed by atoms with van der Waals surface area (Å²) in [4.78, 5) is 26.0. The first-order valence-corrected chi connectivity index (χ1v) is 9.19. The van der Waals surface area contributed by atoms with Crippen molar-refractivity contribution in [3.8, 4) is 11.5 Å². The van der Waals surface area contributed by atoms with Crippen LogP contribution >= 0.6 is 0 Å². The van der Waals surface area contributed by atoms with Gasteiger partial charge in [-0.3, -0.25) is 4.79 Å². The zero-order valence-electron chi connectivity index (χ0n) is 16.0. The molecule has 0 aliphatic carbocycles. The number of aryl methyl sites for hydroxylation is 1. The summed E-state index contributed by atoms with van der Waals surface area (Å²) < 4.78 is 17.1. The molecule has 1 saturated heterocycles. The Hall–Kier alpha value is -2.24. The number of rotatable bonds is 2. The van der Waals surface area contributed by atoms with Gasteiger partial charge in [0.1, 0.15) is 22.7 Å². The molecule has 1 aromatic rings. The normalized spacial score (nSPS) is 22.6. The Balaban J connectivity index is 1.69. The van der Waals surface area contributed by atoms with E-state index < -0.39 is 17.3 Å². The molecule has 0 bridgehead atoms. The second-order valence-corrected chi connectivity index (χ2v) is 7.94. The molecular formula is C20H27NO5. The van der Waals surface area contributed by atoms with E-state index >= 15 is 0 Å². The molecule has 1 spiro atoms. The molecule has 1 aromatic carbocycles. The van der Waals surface area contributed by atoms with Gasteiger partial charge in [-0.2, -0.15) is 0 Å². The van der Waals surface area contributed by atoms with Crippen molar-refractivity contribution in [1.82, 2.24) is 4.90 Å². The van der Waals surface area contributed by atoms with Gasteiger partial charge >= 0.3 is 6.09 Å². The number of carbonyl (C=O) groups is 2. The minimum Gasteiger partial charge on any atom is -0.494 e. The Kier molecular flexibility index (Phi) is 4.86. The molecule has 2 amide bonds. The van der Waals surface area contributed by atoms with Gasteiger partial charge in [0, 0.05) is 13.0 Å². The third kappa shape index (κ3) is 3.94. The zero-order valence-corrected chi connectivity index (χ0v) is 16.0. The van der Waals surface area contributed by atoms with Crippen molar-refractivity contribution in [2.24, 2.45) is 0 Å². The van der Waals surface area contributed by atoms with E-state index in [1.807, 2.05) is 25.1 Å². The van der Waals surface area contributed by atoms with Crippen LogP contribution in [0.3, 0.4) is 0 Å². The highest BCUT2D eigenvalue weighted by Gasteiger charge is 2.45. The smallest absolute Gasteiger partial charge is 0.417 e. The van der Waals surface area contributed by atoms with Crippen molar-refractivity contribution >= 4 is 12.0 Å². The van der Waals surface area contributed by atoms with E-state index in [4.69, 9.17) is 14.2 Å². The summed E-state index contributed by atoms with van der Waals surface area (Å²) in [6.07, 6.45) is 1.82. The minimum absolute atomic E-state index is 0.193. The quantitative estimate of drug-likeness (QED) is 0.803. The van der Waals surface area contributed by atoms with Crippen molar-refractivity contribution < 1.29 is 23.8 Å². The van der Waals surface area contributed by atoms with Crippen LogP contribution in [0.4, 0.5) is 4.79 Å². The van der Waals surface area contributed by atoms with Crippen LogP contribution in [0, 0.1) is 0 Å². The third-order valence-electron chi connectivity index (χ3n) is 4.70. The maximum absolute atomic E-state index is 12.6. The SMILES string of the molecule is CCOc1ccc2c(c1)CCC1(CCN(C(=O)OC(C)(C)C)C(=O)C1)O2. The Morgan fingerprint density at radius 3 is 2.73 bits per heavy atom. The van der Waals surface area contributed by atoms with Gasteiger partial charge in [-0.25, -0.2) is 9.69 Å². The lowest BCUT2D eigenvalue weighted by Gasteiger charge is -2.43. The first-order chi connectivity index (χ1) is 12.2. The summed E-state index contributed by atoms with van der Waals surface area (Å²) in [5.41, 5.74) is -0.0515. The molecule has 3 rings (SSSR count). The van der Waals surface area contributed by atoms with E-state index in [-0.39, 0.29) is 12.3 Å². The molecule has 0 saturated carbocycles. The van der Waals surface area contributed by atoms with E-state index in [0.29, 0.717) is 19.6 Å². The number of ether oxygens (including phenoxy) is 3. The van der Waals surface area contributed by atoms with Crippen molar-refractivity contribution in [3.05, 3.63) is 23.8 Å². The summed E-state index contributed by atoms with van der Waals surface area (Å²) in [5, 5.41) is 0. The first-order valence-electron chi connectivity index (χ1n) is 9.19. The molecule has 6 heteroatoms. The highest BCUT2D eigenvalue weighted by Crippen LogP contribution is 2.41. The fourth-order valence-electron chi connectivity index (χ4n) is 3.46. The monoisotopic (exact) mass is 361 g/mol. The average Bonchev–Trinajstić information content (AvgIpc) is 2.54. The fourth-order valence-corrected chi connectivity index (χ4v) is 3.46. The average molecular weight is 361 g/mol. The number of hydrogen-bond donors (Lipinski definition) is 0. The number of carbonyl (C=O) groups excluding carboxylic acids is 2. The van der Waals surface area contributed by atoms with Crippen LogP contribution in [-0.4, -0.2) is 41.3 Å². The number of hydrogen-bond acceptors (Lipinski definition) is 5. The molecular weight excluding hydrogens is 334 g/mol. The second kappa shape index (κ2) is 6.82. The Labute approximate surface area is 154 Å². The van der Waals surface area contributed by atoms with Gasteiger partial charge in [0.15, 0.2) is 0 Å². The summed E-state index contributed by atoms with van der Waals surface area (Å²) >= 11 is 0. The van der Waals surface area contributed by atoms with Crippen molar-refractivity contribution in [3.63, 3.8) is 0 Å². The summed E-state index contributed by atoms with van der Waals surface area (Å²) in [5.74, 6) is 1.40. The van der Waals surface area contributed by atoms with Crippen LogP contribution in [-0.2, 0) is 16.0 Å². The van der Waals surface area contributed by atoms with Crippen molar-refractivity contribution in [1.29, 1.82) is 0 Å². The number of imide groups is 1. The maximum Gasteiger partial charge on any atom is 0.417 e. The highest BCUT2D eigenvalue weighted by molar-refractivity contribution is 5.93. The van der Waals surface area contributed by atoms with Crippen LogP contribution in [0.1, 0.15) is 52.5 Å². The van der Waals surface area contributed by atoms with Gasteiger partial charge in [0.2, 0.25) is 5.91 Å². The lowest BCUT2D eigenvalue weighted by atomic mass is 9.83. The van der Waals surface area contributed by atoms with Gasteiger partial charge in [-0.05, 0) is 64.3 Å².